The first-order chi connectivity index (χ1) is 12.0. The third-order valence-corrected chi connectivity index (χ3v) is 6.21. The summed E-state index contributed by atoms with van der Waals surface area (Å²) in [6.07, 6.45) is 0. The zero-order valence-corrected chi connectivity index (χ0v) is 16.3. The lowest BCUT2D eigenvalue weighted by molar-refractivity contribution is 0.590. The second-order valence-electron chi connectivity index (χ2n) is 5.43. The molecule has 0 spiro atoms. The van der Waals surface area contributed by atoms with Gasteiger partial charge in [0.25, 0.3) is 10.0 Å². The Labute approximate surface area is 161 Å². The first-order valence-corrected chi connectivity index (χ1v) is 10.2. The molecule has 0 unspecified atom stereocenters. The Bertz CT molecular complexity index is 960. The zero-order valence-electron chi connectivity index (χ0n) is 13.1. The van der Waals surface area contributed by atoms with Gasteiger partial charge >= 0.3 is 0 Å². The van der Waals surface area contributed by atoms with Crippen molar-refractivity contribution in [3.05, 3.63) is 93.9 Å². The first-order valence-electron chi connectivity index (χ1n) is 7.54. The molecule has 0 radical (unpaired) electrons. The Morgan fingerprint density at radius 3 is 2.20 bits per heavy atom. The minimum absolute atomic E-state index is 0.194. The summed E-state index contributed by atoms with van der Waals surface area (Å²) in [6.45, 7) is 0.194. The Hall–Kier alpha value is -1.82. The highest BCUT2D eigenvalue weighted by molar-refractivity contribution is 9.10. The van der Waals surface area contributed by atoms with Crippen LogP contribution in [0.15, 0.2) is 88.2 Å². The van der Waals surface area contributed by atoms with Crippen LogP contribution in [0, 0.1) is 0 Å². The molecule has 3 aromatic carbocycles. The predicted molar refractivity (Wildman–Crippen MR) is 105 cm³/mol. The average Bonchev–Trinajstić information content (AvgIpc) is 2.61. The van der Waals surface area contributed by atoms with E-state index in [1.165, 1.54) is 4.31 Å². The van der Waals surface area contributed by atoms with Gasteiger partial charge in [0.1, 0.15) is 0 Å². The van der Waals surface area contributed by atoms with E-state index in [-0.39, 0.29) is 11.4 Å². The van der Waals surface area contributed by atoms with Gasteiger partial charge in [-0.15, -0.1) is 0 Å². The van der Waals surface area contributed by atoms with Crippen LogP contribution in [0.4, 0.5) is 5.69 Å². The molecule has 0 atom stereocenters. The quantitative estimate of drug-likeness (QED) is 0.530. The Kier molecular flexibility index (Phi) is 5.47. The molecule has 0 aromatic heterocycles. The van der Waals surface area contributed by atoms with Gasteiger partial charge in [-0.3, -0.25) is 4.31 Å². The van der Waals surface area contributed by atoms with Gasteiger partial charge < -0.3 is 0 Å². The van der Waals surface area contributed by atoms with Crippen molar-refractivity contribution in [2.24, 2.45) is 0 Å². The fourth-order valence-corrected chi connectivity index (χ4v) is 4.39. The van der Waals surface area contributed by atoms with Gasteiger partial charge in [-0.1, -0.05) is 57.9 Å². The van der Waals surface area contributed by atoms with E-state index in [1.807, 2.05) is 24.3 Å². The number of hydrogen-bond acceptors (Lipinski definition) is 2. The highest BCUT2D eigenvalue weighted by Gasteiger charge is 2.25. The maximum absolute atomic E-state index is 13.2. The topological polar surface area (TPSA) is 37.4 Å². The van der Waals surface area contributed by atoms with E-state index in [2.05, 4.69) is 15.9 Å². The number of rotatable bonds is 5. The molecular weight excluding hydrogens is 422 g/mol. The number of benzene rings is 3. The monoisotopic (exact) mass is 435 g/mol. The van der Waals surface area contributed by atoms with Crippen molar-refractivity contribution >= 4 is 43.2 Å². The van der Waals surface area contributed by atoms with Crippen molar-refractivity contribution in [2.75, 3.05) is 4.31 Å². The third-order valence-electron chi connectivity index (χ3n) is 3.66. The molecule has 0 bridgehead atoms. The Morgan fingerprint density at radius 1 is 0.880 bits per heavy atom. The molecule has 0 aliphatic rings. The molecule has 0 saturated carbocycles. The van der Waals surface area contributed by atoms with Crippen molar-refractivity contribution < 1.29 is 8.42 Å². The molecule has 128 valence electrons. The fourth-order valence-electron chi connectivity index (χ4n) is 2.44. The maximum atomic E-state index is 13.2. The van der Waals surface area contributed by atoms with Crippen LogP contribution in [0.2, 0.25) is 5.02 Å². The van der Waals surface area contributed by atoms with E-state index in [9.17, 15) is 8.42 Å². The molecular formula is C19H15BrClNO2S. The summed E-state index contributed by atoms with van der Waals surface area (Å²) in [5, 5.41) is 0.574. The molecule has 0 aliphatic carbocycles. The SMILES string of the molecule is O=S(=O)(c1ccccc1)N(Cc1cccc(Cl)c1)c1ccc(Br)cc1. The van der Waals surface area contributed by atoms with E-state index < -0.39 is 10.0 Å². The summed E-state index contributed by atoms with van der Waals surface area (Å²) in [5.41, 5.74) is 1.40. The molecule has 0 heterocycles. The Balaban J connectivity index is 2.07. The van der Waals surface area contributed by atoms with Gasteiger partial charge in [-0.25, -0.2) is 8.42 Å². The zero-order chi connectivity index (χ0) is 17.9. The van der Waals surface area contributed by atoms with E-state index in [0.717, 1.165) is 10.0 Å². The van der Waals surface area contributed by atoms with Crippen molar-refractivity contribution in [1.29, 1.82) is 0 Å². The van der Waals surface area contributed by atoms with E-state index in [4.69, 9.17) is 11.6 Å². The lowest BCUT2D eigenvalue weighted by Gasteiger charge is -2.25. The van der Waals surface area contributed by atoms with Crippen LogP contribution in [0.3, 0.4) is 0 Å². The number of sulfonamides is 1. The van der Waals surface area contributed by atoms with Crippen molar-refractivity contribution in [3.63, 3.8) is 0 Å². The van der Waals surface area contributed by atoms with E-state index in [0.29, 0.717) is 10.7 Å². The minimum atomic E-state index is -3.70. The summed E-state index contributed by atoms with van der Waals surface area (Å²) in [6, 6.07) is 22.8. The number of anilines is 1. The summed E-state index contributed by atoms with van der Waals surface area (Å²) in [7, 11) is -3.70. The van der Waals surface area contributed by atoms with Crippen molar-refractivity contribution in [2.45, 2.75) is 11.4 Å². The smallest absolute Gasteiger partial charge is 0.262 e. The maximum Gasteiger partial charge on any atom is 0.264 e. The third kappa shape index (κ3) is 4.24. The molecule has 0 amide bonds. The second-order valence-corrected chi connectivity index (χ2v) is 8.65. The van der Waals surface area contributed by atoms with Crippen molar-refractivity contribution in [1.82, 2.24) is 0 Å². The molecule has 3 rings (SSSR count). The first kappa shape index (κ1) is 18.0. The molecule has 25 heavy (non-hydrogen) atoms. The van der Waals surface area contributed by atoms with Crippen LogP contribution in [0.1, 0.15) is 5.56 Å². The highest BCUT2D eigenvalue weighted by atomic mass is 79.9. The minimum Gasteiger partial charge on any atom is -0.262 e. The predicted octanol–water partition coefficient (Wildman–Crippen LogP) is 5.50. The summed E-state index contributed by atoms with van der Waals surface area (Å²) >= 11 is 9.43. The molecule has 0 fully saturated rings. The molecule has 0 saturated heterocycles. The number of halogens is 2. The fraction of sp³-hybridized carbons (Fsp3) is 0.0526. The van der Waals surface area contributed by atoms with Gasteiger partial charge in [0, 0.05) is 9.50 Å². The van der Waals surface area contributed by atoms with Gasteiger partial charge in [0.15, 0.2) is 0 Å². The van der Waals surface area contributed by atoms with Crippen LogP contribution in [0.25, 0.3) is 0 Å². The molecule has 0 N–H and O–H groups in total. The normalized spacial score (nSPS) is 11.3. The van der Waals surface area contributed by atoms with E-state index >= 15 is 0 Å². The molecule has 3 nitrogen and oxygen atoms in total. The number of hydrogen-bond donors (Lipinski definition) is 0. The molecule has 3 aromatic rings. The van der Waals surface area contributed by atoms with Crippen LogP contribution >= 0.6 is 27.5 Å². The molecule has 0 aliphatic heterocycles. The Morgan fingerprint density at radius 2 is 1.56 bits per heavy atom. The van der Waals surface area contributed by atoms with Crippen molar-refractivity contribution in [3.8, 4) is 0 Å². The van der Waals surface area contributed by atoms with Crippen LogP contribution < -0.4 is 4.31 Å². The van der Waals surface area contributed by atoms with Crippen LogP contribution in [-0.4, -0.2) is 8.42 Å². The molecule has 6 heteroatoms. The second kappa shape index (κ2) is 7.60. The van der Waals surface area contributed by atoms with Gasteiger partial charge in [-0.05, 0) is 54.1 Å². The summed E-state index contributed by atoms with van der Waals surface area (Å²) in [5.74, 6) is 0. The lowest BCUT2D eigenvalue weighted by atomic mass is 10.2. The van der Waals surface area contributed by atoms with Crippen LogP contribution in [-0.2, 0) is 16.6 Å². The van der Waals surface area contributed by atoms with E-state index in [1.54, 1.807) is 54.6 Å². The standard InChI is InChI=1S/C19H15BrClNO2S/c20-16-9-11-18(12-10-16)22(14-15-5-4-6-17(21)13-15)25(23,24)19-7-2-1-3-8-19/h1-13H,14H2. The van der Waals surface area contributed by atoms with Gasteiger partial charge in [0.2, 0.25) is 0 Å². The van der Waals surface area contributed by atoms with Gasteiger partial charge in [-0.2, -0.15) is 0 Å². The van der Waals surface area contributed by atoms with Crippen LogP contribution in [0.5, 0.6) is 0 Å². The average molecular weight is 437 g/mol. The summed E-state index contributed by atoms with van der Waals surface area (Å²) < 4.78 is 28.7. The van der Waals surface area contributed by atoms with Gasteiger partial charge in [0.05, 0.1) is 17.1 Å². The summed E-state index contributed by atoms with van der Waals surface area (Å²) in [4.78, 5) is 0.250. The highest BCUT2D eigenvalue weighted by Crippen LogP contribution is 2.27. The largest absolute Gasteiger partial charge is 0.264 e. The lowest BCUT2D eigenvalue weighted by Crippen LogP contribution is -2.30. The number of nitrogens with zero attached hydrogens (tertiary/aromatic N) is 1.